The van der Waals surface area contributed by atoms with Gasteiger partial charge in [-0.25, -0.2) is 6.08 Å². The summed E-state index contributed by atoms with van der Waals surface area (Å²) in [6, 6.07) is 19.3. The fraction of sp³-hybridized carbons (Fsp3) is 0.280. The molecule has 3 aromatic rings. The Balaban J connectivity index is 0.000000432. The zero-order chi connectivity index (χ0) is 19.2. The topological polar surface area (TPSA) is 0 Å². The van der Waals surface area contributed by atoms with Crippen LogP contribution >= 0.6 is 0 Å². The van der Waals surface area contributed by atoms with E-state index in [1.54, 1.807) is 24.2 Å². The quantitative estimate of drug-likeness (QED) is 0.416. The van der Waals surface area contributed by atoms with Gasteiger partial charge in [0.15, 0.2) is 0 Å². The maximum atomic E-state index is 3.16. The molecule has 0 saturated carbocycles. The van der Waals surface area contributed by atoms with Crippen molar-refractivity contribution < 1.29 is 49.0 Å². The summed E-state index contributed by atoms with van der Waals surface area (Å²) in [5.41, 5.74) is 1.74. The standard InChI is InChI=1S/C13H9.C9H13.C3H6.2ClH.Zr/c1-3-7-12-10(5-1)9-11-6-2-4-8-13(11)12;1-9(2,3)8-6-4-5-7-8;1-3-2;;;/h1-9H;6-7H,4H2,1-3H3;1-2H3;2*1H;/q2*-1;;;;+2/p-2. The predicted octanol–water partition coefficient (Wildman–Crippen LogP) is 1.19. The molecular weight excluding hydrogens is 462 g/mol. The van der Waals surface area contributed by atoms with Crippen LogP contribution in [0.4, 0.5) is 0 Å². The van der Waals surface area contributed by atoms with Gasteiger partial charge in [-0.05, 0) is 0 Å². The largest absolute Gasteiger partial charge is 1.00 e. The molecule has 1 aliphatic carbocycles. The van der Waals surface area contributed by atoms with Crippen LogP contribution < -0.4 is 24.8 Å². The van der Waals surface area contributed by atoms with Crippen molar-refractivity contribution in [2.75, 3.05) is 0 Å². The van der Waals surface area contributed by atoms with E-state index in [2.05, 4.69) is 107 Å². The molecule has 4 rings (SSSR count). The summed E-state index contributed by atoms with van der Waals surface area (Å²) < 4.78 is 1.51. The summed E-state index contributed by atoms with van der Waals surface area (Å²) in [6.07, 6.45) is 8.50. The Kier molecular flexibility index (Phi) is 12.2. The van der Waals surface area contributed by atoms with E-state index in [9.17, 15) is 0 Å². The summed E-state index contributed by atoms with van der Waals surface area (Å²) in [6.45, 7) is 10.9. The van der Waals surface area contributed by atoms with Crippen LogP contribution in [-0.4, -0.2) is 3.21 Å². The Labute approximate surface area is 197 Å². The SMILES string of the molecule is CC(C)(C)C1=CC[C-]=C1.C[C](C)=[Zr+2].[Cl-].[Cl-].c1ccc2c(c1)[cH-]c1ccccc12. The molecular formula is C25H28Cl2Zr-2. The third-order valence-corrected chi connectivity index (χ3v) is 4.09. The van der Waals surface area contributed by atoms with Gasteiger partial charge in [-0.15, -0.1) is 46.2 Å². The molecule has 3 heteroatoms. The van der Waals surface area contributed by atoms with Gasteiger partial charge in [0.05, 0.1) is 0 Å². The molecule has 0 spiro atoms. The van der Waals surface area contributed by atoms with E-state index >= 15 is 0 Å². The zero-order valence-corrected chi connectivity index (χ0v) is 21.3. The minimum atomic E-state index is 0. The second-order valence-electron chi connectivity index (χ2n) is 7.78. The van der Waals surface area contributed by atoms with Gasteiger partial charge in [0.2, 0.25) is 0 Å². The number of hydrogen-bond donors (Lipinski definition) is 0. The molecule has 0 nitrogen and oxygen atoms in total. The van der Waals surface area contributed by atoms with Gasteiger partial charge in [0, 0.05) is 0 Å². The van der Waals surface area contributed by atoms with Crippen molar-refractivity contribution in [2.24, 2.45) is 5.41 Å². The number of halogens is 2. The molecule has 148 valence electrons. The van der Waals surface area contributed by atoms with Gasteiger partial charge >= 0.3 is 41.3 Å². The Hall–Kier alpha value is -0.877. The van der Waals surface area contributed by atoms with Crippen molar-refractivity contribution in [1.82, 2.24) is 0 Å². The predicted molar refractivity (Wildman–Crippen MR) is 113 cm³/mol. The van der Waals surface area contributed by atoms with Gasteiger partial charge in [-0.2, -0.15) is 11.6 Å². The van der Waals surface area contributed by atoms with Crippen LogP contribution in [0.5, 0.6) is 0 Å². The van der Waals surface area contributed by atoms with E-state index in [1.165, 1.54) is 30.3 Å². The normalized spacial score (nSPS) is 12.0. The molecule has 0 aromatic heterocycles. The Morgan fingerprint density at radius 3 is 1.64 bits per heavy atom. The van der Waals surface area contributed by atoms with Gasteiger partial charge in [0.1, 0.15) is 0 Å². The first-order valence-corrected chi connectivity index (χ1v) is 10.3. The van der Waals surface area contributed by atoms with Crippen molar-refractivity contribution >= 4 is 24.8 Å². The molecule has 0 unspecified atom stereocenters. The molecule has 0 heterocycles. The van der Waals surface area contributed by atoms with Crippen molar-refractivity contribution in [1.29, 1.82) is 0 Å². The number of fused-ring (bicyclic) bond motifs is 3. The molecule has 0 fully saturated rings. The number of benzene rings is 2. The molecule has 0 aliphatic heterocycles. The molecule has 0 amide bonds. The summed E-state index contributed by atoms with van der Waals surface area (Å²) >= 11 is 1.55. The molecule has 3 aromatic carbocycles. The van der Waals surface area contributed by atoms with E-state index in [-0.39, 0.29) is 24.8 Å². The van der Waals surface area contributed by atoms with Crippen LogP contribution in [0, 0.1) is 11.5 Å². The summed E-state index contributed by atoms with van der Waals surface area (Å²) in [5, 5.41) is 5.39. The van der Waals surface area contributed by atoms with Crippen molar-refractivity contribution in [2.45, 2.75) is 41.0 Å². The minimum absolute atomic E-state index is 0. The van der Waals surface area contributed by atoms with E-state index in [0.717, 1.165) is 6.42 Å². The Bertz CT molecular complexity index is 885. The van der Waals surface area contributed by atoms with Crippen LogP contribution in [-0.2, 0) is 24.2 Å². The van der Waals surface area contributed by atoms with E-state index in [0.29, 0.717) is 5.41 Å². The zero-order valence-electron chi connectivity index (χ0n) is 17.3. The summed E-state index contributed by atoms with van der Waals surface area (Å²) in [5.74, 6) is 0. The Morgan fingerprint density at radius 2 is 1.32 bits per heavy atom. The van der Waals surface area contributed by atoms with E-state index in [1.807, 2.05) is 0 Å². The summed E-state index contributed by atoms with van der Waals surface area (Å²) in [7, 11) is 0. The molecule has 0 atom stereocenters. The van der Waals surface area contributed by atoms with E-state index < -0.39 is 0 Å². The van der Waals surface area contributed by atoms with Gasteiger partial charge in [0.25, 0.3) is 0 Å². The molecule has 0 saturated heterocycles. The number of allylic oxidation sites excluding steroid dienone is 4. The maximum Gasteiger partial charge on any atom is -0.0771 e. The summed E-state index contributed by atoms with van der Waals surface area (Å²) in [4.78, 5) is 0. The van der Waals surface area contributed by atoms with Crippen LogP contribution in [0.2, 0.25) is 0 Å². The van der Waals surface area contributed by atoms with Crippen molar-refractivity contribution in [3.8, 4) is 0 Å². The molecule has 0 radical (unpaired) electrons. The third-order valence-electron chi connectivity index (χ3n) is 4.09. The van der Waals surface area contributed by atoms with Crippen LogP contribution in [0.25, 0.3) is 21.5 Å². The van der Waals surface area contributed by atoms with Crippen LogP contribution in [0.3, 0.4) is 0 Å². The smallest absolute Gasteiger partial charge is 0.0771 e. The molecule has 0 N–H and O–H groups in total. The number of hydrogen-bond acceptors (Lipinski definition) is 0. The van der Waals surface area contributed by atoms with Gasteiger partial charge in [-0.3, -0.25) is 6.08 Å². The number of rotatable bonds is 0. The van der Waals surface area contributed by atoms with Gasteiger partial charge in [-0.1, -0.05) is 62.6 Å². The van der Waals surface area contributed by atoms with E-state index in [4.69, 9.17) is 0 Å². The molecule has 0 bridgehead atoms. The first kappa shape index (κ1) is 27.1. The average Bonchev–Trinajstić information content (AvgIpc) is 3.22. The minimum Gasteiger partial charge on any atom is -1.00 e. The molecule has 28 heavy (non-hydrogen) atoms. The first-order chi connectivity index (χ1) is 12.3. The van der Waals surface area contributed by atoms with Crippen LogP contribution in [0.1, 0.15) is 41.0 Å². The van der Waals surface area contributed by atoms with Crippen LogP contribution in [0.15, 0.2) is 72.3 Å². The first-order valence-electron chi connectivity index (χ1n) is 9.11. The second-order valence-corrected chi connectivity index (χ2v) is 10.2. The second kappa shape index (κ2) is 12.6. The van der Waals surface area contributed by atoms with Gasteiger partial charge < -0.3 is 24.8 Å². The Morgan fingerprint density at radius 1 is 0.893 bits per heavy atom. The third kappa shape index (κ3) is 8.24. The maximum absolute atomic E-state index is 3.16. The monoisotopic (exact) mass is 488 g/mol. The van der Waals surface area contributed by atoms with Crippen molar-refractivity contribution in [3.63, 3.8) is 0 Å². The fourth-order valence-corrected chi connectivity index (χ4v) is 2.82. The molecule has 1 aliphatic rings. The average molecular weight is 491 g/mol. The van der Waals surface area contributed by atoms with Crippen molar-refractivity contribution in [3.05, 3.63) is 78.4 Å². The fourth-order valence-electron chi connectivity index (χ4n) is 2.82.